The summed E-state index contributed by atoms with van der Waals surface area (Å²) in [5.41, 5.74) is 0.396. The minimum atomic E-state index is -4.76. The van der Waals surface area contributed by atoms with E-state index >= 15 is 0 Å². The number of alkyl halides is 3. The van der Waals surface area contributed by atoms with Crippen molar-refractivity contribution in [2.75, 3.05) is 6.61 Å². The number of carbonyl (C=O) groups excluding carboxylic acids is 2. The quantitative estimate of drug-likeness (QED) is 0.611. The summed E-state index contributed by atoms with van der Waals surface area (Å²) in [6, 6.07) is 4.69. The third-order valence-electron chi connectivity index (χ3n) is 2.02. The van der Waals surface area contributed by atoms with E-state index in [0.717, 1.165) is 12.1 Å². The number of ether oxygens (including phenoxy) is 2. The van der Waals surface area contributed by atoms with Crippen molar-refractivity contribution in [3.05, 3.63) is 29.8 Å². The lowest BCUT2D eigenvalue weighted by atomic mass is 10.1. The van der Waals surface area contributed by atoms with Gasteiger partial charge in [0.05, 0.1) is 6.61 Å². The van der Waals surface area contributed by atoms with Gasteiger partial charge in [-0.05, 0) is 24.6 Å². The second kappa shape index (κ2) is 6.21. The standard InChI is InChI=1S/C12H11F3O4/c1-2-18-11(17)10(16)7-8-3-5-9(6-4-8)19-12(13,14)15/h3-6H,2,7H2,1H3. The minimum absolute atomic E-state index is 0.0862. The van der Waals surface area contributed by atoms with Crippen LogP contribution in [0.2, 0.25) is 0 Å². The van der Waals surface area contributed by atoms with Gasteiger partial charge in [0, 0.05) is 6.42 Å². The summed E-state index contributed by atoms with van der Waals surface area (Å²) in [6.07, 6.45) is -4.99. The summed E-state index contributed by atoms with van der Waals surface area (Å²) in [6.45, 7) is 1.65. The van der Waals surface area contributed by atoms with Crippen molar-refractivity contribution in [3.63, 3.8) is 0 Å². The maximum Gasteiger partial charge on any atom is 0.573 e. The van der Waals surface area contributed by atoms with Crippen LogP contribution in [0.3, 0.4) is 0 Å². The zero-order valence-corrected chi connectivity index (χ0v) is 9.99. The number of rotatable bonds is 5. The number of Topliss-reactive ketones (excluding diaryl/α,β-unsaturated/α-hetero) is 1. The molecule has 0 aromatic heterocycles. The van der Waals surface area contributed by atoms with Crippen LogP contribution in [0.25, 0.3) is 0 Å². The maximum atomic E-state index is 11.9. The number of benzene rings is 1. The fourth-order valence-corrected chi connectivity index (χ4v) is 1.28. The Morgan fingerprint density at radius 3 is 2.21 bits per heavy atom. The molecule has 1 aromatic rings. The van der Waals surface area contributed by atoms with E-state index in [4.69, 9.17) is 0 Å². The van der Waals surface area contributed by atoms with E-state index in [1.54, 1.807) is 6.92 Å². The first-order valence-electron chi connectivity index (χ1n) is 5.36. The molecule has 4 nitrogen and oxygen atoms in total. The highest BCUT2D eigenvalue weighted by molar-refractivity contribution is 6.34. The van der Waals surface area contributed by atoms with Crippen LogP contribution in [0.15, 0.2) is 24.3 Å². The topological polar surface area (TPSA) is 52.6 Å². The first-order chi connectivity index (χ1) is 8.81. The van der Waals surface area contributed by atoms with Gasteiger partial charge in [-0.25, -0.2) is 4.79 Å². The van der Waals surface area contributed by atoms with E-state index < -0.39 is 18.1 Å². The molecule has 0 unspecified atom stereocenters. The van der Waals surface area contributed by atoms with Crippen LogP contribution in [-0.4, -0.2) is 24.7 Å². The summed E-state index contributed by atoms with van der Waals surface area (Å²) in [4.78, 5) is 22.4. The van der Waals surface area contributed by atoms with Gasteiger partial charge in [0.15, 0.2) is 0 Å². The molecular formula is C12H11F3O4. The Hall–Kier alpha value is -2.05. The molecule has 0 saturated carbocycles. The smallest absolute Gasteiger partial charge is 0.460 e. The normalized spacial score (nSPS) is 10.9. The van der Waals surface area contributed by atoms with Gasteiger partial charge in [-0.1, -0.05) is 12.1 Å². The number of esters is 1. The van der Waals surface area contributed by atoms with Gasteiger partial charge in [0.1, 0.15) is 5.75 Å². The molecule has 0 fully saturated rings. The Balaban J connectivity index is 2.62. The second-order valence-electron chi connectivity index (χ2n) is 3.51. The van der Waals surface area contributed by atoms with Crippen LogP contribution >= 0.6 is 0 Å². The van der Waals surface area contributed by atoms with Crippen LogP contribution in [0.4, 0.5) is 13.2 Å². The molecule has 0 spiro atoms. The fraction of sp³-hybridized carbons (Fsp3) is 0.333. The number of carbonyl (C=O) groups is 2. The molecule has 0 heterocycles. The highest BCUT2D eigenvalue weighted by Crippen LogP contribution is 2.22. The zero-order valence-electron chi connectivity index (χ0n) is 9.99. The van der Waals surface area contributed by atoms with Gasteiger partial charge in [0.2, 0.25) is 5.78 Å². The molecular weight excluding hydrogens is 265 g/mol. The number of halogens is 3. The first kappa shape index (κ1) is 15.0. The average Bonchev–Trinajstić information content (AvgIpc) is 2.30. The Morgan fingerprint density at radius 1 is 1.16 bits per heavy atom. The molecule has 0 atom stereocenters. The Kier molecular flexibility index (Phi) is 4.91. The lowest BCUT2D eigenvalue weighted by Gasteiger charge is -2.09. The van der Waals surface area contributed by atoms with Crippen LogP contribution in [0.5, 0.6) is 5.75 Å². The van der Waals surface area contributed by atoms with Crippen molar-refractivity contribution >= 4 is 11.8 Å². The van der Waals surface area contributed by atoms with Crippen LogP contribution in [-0.2, 0) is 20.7 Å². The van der Waals surface area contributed by atoms with Gasteiger partial charge in [-0.3, -0.25) is 4.79 Å². The number of ketones is 1. The highest BCUT2D eigenvalue weighted by atomic mass is 19.4. The van der Waals surface area contributed by atoms with Gasteiger partial charge in [-0.2, -0.15) is 0 Å². The molecule has 0 amide bonds. The SMILES string of the molecule is CCOC(=O)C(=O)Cc1ccc(OC(F)(F)F)cc1. The van der Waals surface area contributed by atoms with Crippen molar-refractivity contribution in [3.8, 4) is 5.75 Å². The van der Waals surface area contributed by atoms with E-state index in [1.807, 2.05) is 0 Å². The number of hydrogen-bond donors (Lipinski definition) is 0. The molecule has 0 aliphatic rings. The lowest BCUT2D eigenvalue weighted by molar-refractivity contribution is -0.274. The Labute approximate surface area is 107 Å². The summed E-state index contributed by atoms with van der Waals surface area (Å²) in [5, 5.41) is 0. The third kappa shape index (κ3) is 5.41. The van der Waals surface area contributed by atoms with Crippen molar-refractivity contribution in [1.29, 1.82) is 0 Å². The van der Waals surface area contributed by atoms with Gasteiger partial charge in [0.25, 0.3) is 0 Å². The molecule has 0 N–H and O–H groups in total. The van der Waals surface area contributed by atoms with Crippen molar-refractivity contribution < 1.29 is 32.2 Å². The van der Waals surface area contributed by atoms with Crippen LogP contribution in [0.1, 0.15) is 12.5 Å². The van der Waals surface area contributed by atoms with Crippen molar-refractivity contribution in [2.24, 2.45) is 0 Å². The molecule has 19 heavy (non-hydrogen) atoms. The van der Waals surface area contributed by atoms with E-state index in [9.17, 15) is 22.8 Å². The van der Waals surface area contributed by atoms with E-state index in [0.29, 0.717) is 5.56 Å². The molecule has 0 bridgehead atoms. The summed E-state index contributed by atoms with van der Waals surface area (Å²) in [7, 11) is 0. The Morgan fingerprint density at radius 2 is 1.74 bits per heavy atom. The maximum absolute atomic E-state index is 11.9. The van der Waals surface area contributed by atoms with E-state index in [1.165, 1.54) is 12.1 Å². The summed E-state index contributed by atoms with van der Waals surface area (Å²) in [5.74, 6) is -2.11. The fourth-order valence-electron chi connectivity index (χ4n) is 1.28. The summed E-state index contributed by atoms with van der Waals surface area (Å²) >= 11 is 0. The molecule has 0 saturated heterocycles. The Bertz CT molecular complexity index is 451. The predicted molar refractivity (Wildman–Crippen MR) is 58.5 cm³/mol. The second-order valence-corrected chi connectivity index (χ2v) is 3.51. The van der Waals surface area contributed by atoms with Crippen molar-refractivity contribution in [1.82, 2.24) is 0 Å². The molecule has 0 aliphatic heterocycles. The summed E-state index contributed by atoms with van der Waals surface area (Å²) < 4.78 is 43.9. The highest BCUT2D eigenvalue weighted by Gasteiger charge is 2.31. The molecule has 1 rings (SSSR count). The molecule has 1 aromatic carbocycles. The van der Waals surface area contributed by atoms with Gasteiger partial charge >= 0.3 is 12.3 Å². The monoisotopic (exact) mass is 276 g/mol. The van der Waals surface area contributed by atoms with E-state index in [2.05, 4.69) is 9.47 Å². The molecule has 104 valence electrons. The first-order valence-corrected chi connectivity index (χ1v) is 5.36. The molecule has 0 radical (unpaired) electrons. The third-order valence-corrected chi connectivity index (χ3v) is 2.02. The molecule has 0 aliphatic carbocycles. The predicted octanol–water partition coefficient (Wildman–Crippen LogP) is 2.26. The average molecular weight is 276 g/mol. The largest absolute Gasteiger partial charge is 0.573 e. The van der Waals surface area contributed by atoms with Crippen LogP contribution < -0.4 is 4.74 Å². The van der Waals surface area contributed by atoms with E-state index in [-0.39, 0.29) is 18.8 Å². The van der Waals surface area contributed by atoms with Gasteiger partial charge in [-0.15, -0.1) is 13.2 Å². The van der Waals surface area contributed by atoms with Crippen molar-refractivity contribution in [2.45, 2.75) is 19.7 Å². The lowest BCUT2D eigenvalue weighted by Crippen LogP contribution is -2.19. The van der Waals surface area contributed by atoms with Crippen LogP contribution in [0, 0.1) is 0 Å². The molecule has 7 heteroatoms. The van der Waals surface area contributed by atoms with Gasteiger partial charge < -0.3 is 9.47 Å². The zero-order chi connectivity index (χ0) is 14.5. The minimum Gasteiger partial charge on any atom is -0.460 e. The number of hydrogen-bond acceptors (Lipinski definition) is 4.